The highest BCUT2D eigenvalue weighted by Crippen LogP contribution is 2.55. The van der Waals surface area contributed by atoms with E-state index in [-0.39, 0.29) is 16.2 Å². The zero-order valence-corrected chi connectivity index (χ0v) is 28.7. The molecule has 2 aliphatic carbocycles. The lowest BCUT2D eigenvalue weighted by Gasteiger charge is -2.48. The third kappa shape index (κ3) is 3.91. The molecule has 7 aromatic rings. The lowest BCUT2D eigenvalue weighted by molar-refractivity contribution is 0.299. The highest BCUT2D eigenvalue weighted by atomic mass is 15.1. The Morgan fingerprint density at radius 2 is 0.896 bits per heavy atom. The number of anilines is 3. The van der Waals surface area contributed by atoms with Crippen LogP contribution in [0.4, 0.5) is 17.1 Å². The van der Waals surface area contributed by atoms with Gasteiger partial charge in [0.05, 0.1) is 0 Å². The number of para-hydroxylation sites is 1. The van der Waals surface area contributed by atoms with Crippen molar-refractivity contribution < 1.29 is 0 Å². The average molecular weight is 620 g/mol. The van der Waals surface area contributed by atoms with Crippen LogP contribution in [-0.2, 0) is 16.2 Å². The predicted octanol–water partition coefficient (Wildman–Crippen LogP) is 13.0. The number of hydrogen-bond donors (Lipinski definition) is 0. The van der Waals surface area contributed by atoms with Crippen LogP contribution in [-0.4, -0.2) is 0 Å². The predicted molar refractivity (Wildman–Crippen MR) is 205 cm³/mol. The first-order chi connectivity index (χ1) is 23.1. The standard InChI is InChI=1S/C47H41N/c1-45(2)41-18-12-10-16-35(41)37-25-24-34(28-43(37)45)48(32-14-8-7-9-15-32)33-23-22-30-20-21-31-26-44-40(29-39(31)38(30)27-33)36-17-11-13-19-42(36)46(3,4)47(44,5)6/h7-29H,1-6H3. The zero-order chi connectivity index (χ0) is 33.0. The molecule has 0 aromatic heterocycles. The van der Waals surface area contributed by atoms with Gasteiger partial charge in [0.1, 0.15) is 0 Å². The van der Waals surface area contributed by atoms with Gasteiger partial charge in [-0.25, -0.2) is 0 Å². The van der Waals surface area contributed by atoms with Gasteiger partial charge in [-0.3, -0.25) is 0 Å². The van der Waals surface area contributed by atoms with E-state index in [9.17, 15) is 0 Å². The summed E-state index contributed by atoms with van der Waals surface area (Å²) in [5, 5.41) is 5.14. The second-order valence-electron chi connectivity index (χ2n) is 15.5. The van der Waals surface area contributed by atoms with Crippen LogP contribution in [0.5, 0.6) is 0 Å². The second-order valence-corrected chi connectivity index (χ2v) is 15.5. The van der Waals surface area contributed by atoms with Crippen LogP contribution in [0.25, 0.3) is 43.8 Å². The topological polar surface area (TPSA) is 3.24 Å². The summed E-state index contributed by atoms with van der Waals surface area (Å²) in [7, 11) is 0. The van der Waals surface area contributed by atoms with Gasteiger partial charge in [-0.2, -0.15) is 0 Å². The SMILES string of the molecule is CC1(C)c2ccccc2-c2ccc(N(c3ccccc3)c3ccc4ccc5cc6c(cc5c4c3)-c3ccccc3C(C)(C)C6(C)C)cc21. The third-order valence-electron chi connectivity index (χ3n) is 12.2. The molecule has 1 nitrogen and oxygen atoms in total. The van der Waals surface area contributed by atoms with Gasteiger partial charge < -0.3 is 4.90 Å². The van der Waals surface area contributed by atoms with Crippen LogP contribution in [0.15, 0.2) is 140 Å². The minimum Gasteiger partial charge on any atom is -0.310 e. The molecular weight excluding hydrogens is 579 g/mol. The van der Waals surface area contributed by atoms with Gasteiger partial charge in [0.15, 0.2) is 0 Å². The van der Waals surface area contributed by atoms with Crippen LogP contribution in [0.3, 0.4) is 0 Å². The molecular formula is C47H41N. The summed E-state index contributed by atoms with van der Waals surface area (Å²) in [6.07, 6.45) is 0. The van der Waals surface area contributed by atoms with E-state index in [4.69, 9.17) is 0 Å². The van der Waals surface area contributed by atoms with E-state index in [0.29, 0.717) is 0 Å². The molecule has 0 heterocycles. The number of benzene rings is 7. The molecule has 0 unspecified atom stereocenters. The van der Waals surface area contributed by atoms with E-state index in [1.165, 1.54) is 71.7 Å². The van der Waals surface area contributed by atoms with Crippen molar-refractivity contribution >= 4 is 38.6 Å². The van der Waals surface area contributed by atoms with E-state index in [0.717, 1.165) is 11.4 Å². The smallest absolute Gasteiger partial charge is 0.0468 e. The number of fused-ring (bicyclic) bond motifs is 9. The highest BCUT2D eigenvalue weighted by molar-refractivity contribution is 6.11. The Morgan fingerprint density at radius 1 is 0.354 bits per heavy atom. The first-order valence-corrected chi connectivity index (χ1v) is 17.3. The average Bonchev–Trinajstić information content (AvgIpc) is 3.33. The Labute approximate surface area is 284 Å². The van der Waals surface area contributed by atoms with Crippen molar-refractivity contribution in [3.63, 3.8) is 0 Å². The molecule has 0 radical (unpaired) electrons. The van der Waals surface area contributed by atoms with E-state index in [1.807, 2.05) is 0 Å². The third-order valence-corrected chi connectivity index (χ3v) is 12.2. The summed E-state index contributed by atoms with van der Waals surface area (Å²) in [5.74, 6) is 0. The molecule has 1 heteroatoms. The van der Waals surface area contributed by atoms with Crippen LogP contribution < -0.4 is 4.90 Å². The molecule has 0 aliphatic heterocycles. The second kappa shape index (κ2) is 9.94. The molecule has 0 saturated heterocycles. The summed E-state index contributed by atoms with van der Waals surface area (Å²) < 4.78 is 0. The fraction of sp³-hybridized carbons (Fsp3) is 0.191. The van der Waals surface area contributed by atoms with Gasteiger partial charge in [0.25, 0.3) is 0 Å². The molecule has 0 saturated carbocycles. The van der Waals surface area contributed by atoms with Crippen molar-refractivity contribution in [2.24, 2.45) is 0 Å². The molecule has 7 aromatic carbocycles. The number of nitrogens with zero attached hydrogens (tertiary/aromatic N) is 1. The van der Waals surface area contributed by atoms with E-state index >= 15 is 0 Å². The summed E-state index contributed by atoms with van der Waals surface area (Å²) >= 11 is 0. The van der Waals surface area contributed by atoms with Crippen molar-refractivity contribution in [3.8, 4) is 22.3 Å². The molecule has 48 heavy (non-hydrogen) atoms. The van der Waals surface area contributed by atoms with E-state index in [2.05, 4.69) is 186 Å². The molecule has 234 valence electrons. The summed E-state index contributed by atoms with van der Waals surface area (Å²) in [6, 6.07) is 52.4. The molecule has 0 atom stereocenters. The van der Waals surface area contributed by atoms with Gasteiger partial charge >= 0.3 is 0 Å². The molecule has 0 N–H and O–H groups in total. The molecule has 0 bridgehead atoms. The number of hydrogen-bond acceptors (Lipinski definition) is 1. The first-order valence-electron chi connectivity index (χ1n) is 17.3. The monoisotopic (exact) mass is 619 g/mol. The van der Waals surface area contributed by atoms with E-state index in [1.54, 1.807) is 0 Å². The molecule has 2 aliphatic rings. The van der Waals surface area contributed by atoms with Crippen molar-refractivity contribution in [3.05, 3.63) is 162 Å². The van der Waals surface area contributed by atoms with Crippen LogP contribution in [0, 0.1) is 0 Å². The fourth-order valence-electron chi connectivity index (χ4n) is 8.76. The summed E-state index contributed by atoms with van der Waals surface area (Å²) in [6.45, 7) is 14.4. The Balaban J connectivity index is 1.26. The molecule has 0 fully saturated rings. The molecule has 0 amide bonds. The summed E-state index contributed by atoms with van der Waals surface area (Å²) in [4.78, 5) is 2.43. The van der Waals surface area contributed by atoms with Crippen molar-refractivity contribution in [1.82, 2.24) is 0 Å². The van der Waals surface area contributed by atoms with Crippen LogP contribution >= 0.6 is 0 Å². The minimum atomic E-state index is -0.0678. The Morgan fingerprint density at radius 3 is 1.67 bits per heavy atom. The highest BCUT2D eigenvalue weighted by Gasteiger charge is 2.45. The van der Waals surface area contributed by atoms with E-state index < -0.39 is 0 Å². The molecule has 0 spiro atoms. The van der Waals surface area contributed by atoms with Gasteiger partial charge in [-0.1, -0.05) is 133 Å². The Bertz CT molecular complexity index is 2430. The Kier molecular flexibility index (Phi) is 6.01. The van der Waals surface area contributed by atoms with Gasteiger partial charge in [-0.05, 0) is 125 Å². The maximum absolute atomic E-state index is 2.48. The zero-order valence-electron chi connectivity index (χ0n) is 28.7. The maximum Gasteiger partial charge on any atom is 0.0468 e. The normalized spacial score (nSPS) is 16.2. The first kappa shape index (κ1) is 29.0. The molecule has 9 rings (SSSR count). The lowest BCUT2D eigenvalue weighted by atomic mass is 9.55. The number of rotatable bonds is 3. The summed E-state index contributed by atoms with van der Waals surface area (Å²) in [5.41, 5.74) is 14.5. The van der Waals surface area contributed by atoms with Crippen molar-refractivity contribution in [2.45, 2.75) is 57.8 Å². The van der Waals surface area contributed by atoms with Gasteiger partial charge in [0.2, 0.25) is 0 Å². The fourth-order valence-corrected chi connectivity index (χ4v) is 8.76. The van der Waals surface area contributed by atoms with Crippen molar-refractivity contribution in [1.29, 1.82) is 0 Å². The van der Waals surface area contributed by atoms with Crippen molar-refractivity contribution in [2.75, 3.05) is 4.90 Å². The quantitative estimate of drug-likeness (QED) is 0.178. The van der Waals surface area contributed by atoms with Gasteiger partial charge in [-0.15, -0.1) is 0 Å². The largest absolute Gasteiger partial charge is 0.310 e. The van der Waals surface area contributed by atoms with Crippen LogP contribution in [0.1, 0.15) is 63.8 Å². The maximum atomic E-state index is 2.48. The van der Waals surface area contributed by atoms with Gasteiger partial charge in [0, 0.05) is 22.5 Å². The Hall–Kier alpha value is -5.14. The van der Waals surface area contributed by atoms with Crippen LogP contribution in [0.2, 0.25) is 0 Å². The minimum absolute atomic E-state index is 0.0102. The lowest BCUT2D eigenvalue weighted by Crippen LogP contribution is -2.43.